The fourth-order valence-corrected chi connectivity index (χ4v) is 2.10. The van der Waals surface area contributed by atoms with Crippen molar-refractivity contribution in [1.29, 1.82) is 0 Å². The van der Waals surface area contributed by atoms with E-state index in [1.807, 2.05) is 36.4 Å². The van der Waals surface area contributed by atoms with Gasteiger partial charge in [0.2, 0.25) is 0 Å². The van der Waals surface area contributed by atoms with Gasteiger partial charge in [-0.25, -0.2) is 0 Å². The minimum absolute atomic E-state index is 0.656. The fraction of sp³-hybridized carbons (Fsp3) is 0. The van der Waals surface area contributed by atoms with Gasteiger partial charge in [-0.05, 0) is 34.1 Å². The Hall–Kier alpha value is -1.48. The van der Waals surface area contributed by atoms with Gasteiger partial charge < -0.3 is 10.2 Å². The molecule has 0 radical (unpaired) electrons. The van der Waals surface area contributed by atoms with Crippen LogP contribution in [0.2, 0.25) is 0 Å². The number of nitrogen functional groups attached to an aromatic ring is 1. The zero-order chi connectivity index (χ0) is 10.4. The molecule has 0 aliphatic carbocycles. The summed E-state index contributed by atoms with van der Waals surface area (Å²) in [6.07, 6.45) is 0. The number of nitrogens with two attached hydrogens (primary N) is 1. The highest BCUT2D eigenvalue weighted by molar-refractivity contribution is 9.10. The molecule has 1 heterocycles. The van der Waals surface area contributed by atoms with Crippen molar-refractivity contribution in [1.82, 2.24) is 0 Å². The van der Waals surface area contributed by atoms with Gasteiger partial charge in [0.25, 0.3) is 0 Å². The molecule has 0 fully saturated rings. The van der Waals surface area contributed by atoms with Crippen molar-refractivity contribution in [2.45, 2.75) is 0 Å². The van der Waals surface area contributed by atoms with E-state index in [2.05, 4.69) is 15.9 Å². The third-order valence-electron chi connectivity index (χ3n) is 2.53. The second kappa shape index (κ2) is 3.00. The largest absolute Gasteiger partial charge is 0.454 e. The van der Waals surface area contributed by atoms with Crippen LogP contribution in [0.5, 0.6) is 0 Å². The summed E-state index contributed by atoms with van der Waals surface area (Å²) in [6.45, 7) is 0. The molecule has 2 N–H and O–H groups in total. The maximum absolute atomic E-state index is 5.94. The first-order chi connectivity index (χ1) is 7.27. The Balaban J connectivity index is 2.60. The Morgan fingerprint density at radius 1 is 1.00 bits per heavy atom. The number of hydrogen-bond donors (Lipinski definition) is 1. The quantitative estimate of drug-likeness (QED) is 0.623. The summed E-state index contributed by atoms with van der Waals surface area (Å²) in [7, 11) is 0. The van der Waals surface area contributed by atoms with E-state index in [1.165, 1.54) is 0 Å². The van der Waals surface area contributed by atoms with E-state index in [9.17, 15) is 0 Å². The summed E-state index contributed by atoms with van der Waals surface area (Å²) in [5.41, 5.74) is 8.23. The molecule has 0 saturated carbocycles. The summed E-state index contributed by atoms with van der Waals surface area (Å²) in [4.78, 5) is 0. The molecule has 0 spiro atoms. The molecular formula is C12H8BrNO. The highest BCUT2D eigenvalue weighted by atomic mass is 79.9. The first-order valence-electron chi connectivity index (χ1n) is 4.62. The van der Waals surface area contributed by atoms with Crippen LogP contribution in [0.1, 0.15) is 0 Å². The SMILES string of the molecule is Nc1c(Br)ccc2c1oc1ccccc12. The van der Waals surface area contributed by atoms with Crippen LogP contribution < -0.4 is 5.73 Å². The average molecular weight is 262 g/mol. The van der Waals surface area contributed by atoms with Gasteiger partial charge in [-0.3, -0.25) is 0 Å². The van der Waals surface area contributed by atoms with E-state index in [4.69, 9.17) is 10.2 Å². The molecule has 15 heavy (non-hydrogen) atoms. The lowest BCUT2D eigenvalue weighted by atomic mass is 10.1. The van der Waals surface area contributed by atoms with Crippen molar-refractivity contribution in [2.75, 3.05) is 5.73 Å². The smallest absolute Gasteiger partial charge is 0.159 e. The molecule has 0 amide bonds. The molecule has 0 aliphatic heterocycles. The zero-order valence-corrected chi connectivity index (χ0v) is 9.41. The molecule has 74 valence electrons. The lowest BCUT2D eigenvalue weighted by molar-refractivity contribution is 0.670. The predicted molar refractivity (Wildman–Crippen MR) is 65.8 cm³/mol. The van der Waals surface area contributed by atoms with Gasteiger partial charge in [0.15, 0.2) is 5.58 Å². The monoisotopic (exact) mass is 261 g/mol. The van der Waals surface area contributed by atoms with Gasteiger partial charge >= 0.3 is 0 Å². The van der Waals surface area contributed by atoms with Crippen LogP contribution in [-0.2, 0) is 0 Å². The third kappa shape index (κ3) is 1.16. The number of fused-ring (bicyclic) bond motifs is 3. The zero-order valence-electron chi connectivity index (χ0n) is 7.83. The van der Waals surface area contributed by atoms with E-state index >= 15 is 0 Å². The standard InChI is InChI=1S/C12H8BrNO/c13-9-6-5-8-7-3-1-2-4-10(7)15-12(8)11(9)14/h1-6H,14H2. The molecule has 2 aromatic carbocycles. The molecule has 0 aliphatic rings. The van der Waals surface area contributed by atoms with Crippen LogP contribution in [0.4, 0.5) is 5.69 Å². The van der Waals surface area contributed by atoms with E-state index < -0.39 is 0 Å². The Morgan fingerprint density at radius 3 is 2.67 bits per heavy atom. The summed E-state index contributed by atoms with van der Waals surface area (Å²) < 4.78 is 6.58. The Kier molecular flexibility index (Phi) is 1.76. The molecular weight excluding hydrogens is 254 g/mol. The number of rotatable bonds is 0. The Bertz CT molecular complexity index is 657. The van der Waals surface area contributed by atoms with Crippen molar-refractivity contribution in [2.24, 2.45) is 0 Å². The second-order valence-electron chi connectivity index (χ2n) is 3.44. The van der Waals surface area contributed by atoms with Crippen LogP contribution in [0.15, 0.2) is 45.3 Å². The topological polar surface area (TPSA) is 39.2 Å². The van der Waals surface area contributed by atoms with Gasteiger partial charge in [0.05, 0.1) is 5.69 Å². The molecule has 0 unspecified atom stereocenters. The molecule has 1 aromatic heterocycles. The summed E-state index contributed by atoms with van der Waals surface area (Å²) >= 11 is 3.39. The van der Waals surface area contributed by atoms with Gasteiger partial charge in [0.1, 0.15) is 5.58 Å². The van der Waals surface area contributed by atoms with Crippen molar-refractivity contribution < 1.29 is 4.42 Å². The first kappa shape index (κ1) is 8.80. The maximum atomic E-state index is 5.94. The minimum Gasteiger partial charge on any atom is -0.454 e. The number of furan rings is 1. The normalized spacial score (nSPS) is 11.3. The van der Waals surface area contributed by atoms with Crippen LogP contribution in [0.25, 0.3) is 21.9 Å². The lowest BCUT2D eigenvalue weighted by Gasteiger charge is -1.97. The summed E-state index contributed by atoms with van der Waals surface area (Å²) in [5.74, 6) is 0. The van der Waals surface area contributed by atoms with Gasteiger partial charge in [0, 0.05) is 15.2 Å². The van der Waals surface area contributed by atoms with Gasteiger partial charge in [-0.2, -0.15) is 0 Å². The fourth-order valence-electron chi connectivity index (χ4n) is 1.79. The van der Waals surface area contributed by atoms with Crippen LogP contribution >= 0.6 is 15.9 Å². The second-order valence-corrected chi connectivity index (χ2v) is 4.29. The lowest BCUT2D eigenvalue weighted by Crippen LogP contribution is -1.85. The number of anilines is 1. The predicted octanol–water partition coefficient (Wildman–Crippen LogP) is 3.93. The van der Waals surface area contributed by atoms with Crippen LogP contribution in [0.3, 0.4) is 0 Å². The maximum Gasteiger partial charge on any atom is 0.159 e. The van der Waals surface area contributed by atoms with E-state index in [0.29, 0.717) is 5.69 Å². The van der Waals surface area contributed by atoms with Crippen molar-refractivity contribution in [3.63, 3.8) is 0 Å². The summed E-state index contributed by atoms with van der Waals surface area (Å²) in [5, 5.41) is 2.16. The highest BCUT2D eigenvalue weighted by Gasteiger charge is 2.10. The van der Waals surface area contributed by atoms with E-state index in [-0.39, 0.29) is 0 Å². The van der Waals surface area contributed by atoms with Crippen molar-refractivity contribution in [3.8, 4) is 0 Å². The van der Waals surface area contributed by atoms with Crippen LogP contribution in [0, 0.1) is 0 Å². The number of halogens is 1. The number of para-hydroxylation sites is 1. The molecule has 0 saturated heterocycles. The van der Waals surface area contributed by atoms with E-state index in [1.54, 1.807) is 0 Å². The average Bonchev–Trinajstić information content (AvgIpc) is 2.63. The number of hydrogen-bond acceptors (Lipinski definition) is 2. The minimum atomic E-state index is 0.656. The van der Waals surface area contributed by atoms with Crippen molar-refractivity contribution >= 4 is 43.6 Å². The van der Waals surface area contributed by atoms with Gasteiger partial charge in [-0.15, -0.1) is 0 Å². The molecule has 0 atom stereocenters. The first-order valence-corrected chi connectivity index (χ1v) is 5.42. The van der Waals surface area contributed by atoms with Crippen molar-refractivity contribution in [3.05, 3.63) is 40.9 Å². The summed E-state index contributed by atoms with van der Waals surface area (Å²) in [6, 6.07) is 11.9. The molecule has 2 nitrogen and oxygen atoms in total. The Morgan fingerprint density at radius 2 is 1.80 bits per heavy atom. The van der Waals surface area contributed by atoms with Crippen LogP contribution in [-0.4, -0.2) is 0 Å². The molecule has 3 rings (SSSR count). The van der Waals surface area contributed by atoms with Gasteiger partial charge in [-0.1, -0.05) is 18.2 Å². The molecule has 3 aromatic rings. The Labute approximate surface area is 94.8 Å². The number of benzene rings is 2. The highest BCUT2D eigenvalue weighted by Crippen LogP contribution is 2.35. The van der Waals surface area contributed by atoms with E-state index in [0.717, 1.165) is 26.4 Å². The molecule has 3 heteroatoms. The molecule has 0 bridgehead atoms. The third-order valence-corrected chi connectivity index (χ3v) is 3.22.